The van der Waals surface area contributed by atoms with E-state index in [1.807, 2.05) is 0 Å². The maximum Gasteiger partial charge on any atom is 0.173 e. The molecule has 0 bridgehead atoms. The van der Waals surface area contributed by atoms with Crippen LogP contribution in [0.5, 0.6) is 0 Å². The number of nitrogens with zero attached hydrogens (tertiary/aromatic N) is 1. The van der Waals surface area contributed by atoms with Gasteiger partial charge in [0.25, 0.3) is 0 Å². The van der Waals surface area contributed by atoms with Crippen molar-refractivity contribution in [3.63, 3.8) is 0 Å². The number of anilines is 1. The third kappa shape index (κ3) is 4.67. The van der Waals surface area contributed by atoms with E-state index in [4.69, 9.17) is 12.2 Å². The van der Waals surface area contributed by atoms with Gasteiger partial charge in [0.05, 0.1) is 19.1 Å². The molecule has 1 heterocycles. The predicted octanol–water partition coefficient (Wildman–Crippen LogP) is 2.78. The Morgan fingerprint density at radius 1 is 1.35 bits per heavy atom. The summed E-state index contributed by atoms with van der Waals surface area (Å²) >= 11 is 5.64. The van der Waals surface area contributed by atoms with E-state index >= 15 is 0 Å². The van der Waals surface area contributed by atoms with E-state index in [9.17, 15) is 0 Å². The lowest BCUT2D eigenvalue weighted by Gasteiger charge is -2.38. The van der Waals surface area contributed by atoms with Crippen LogP contribution in [0.15, 0.2) is 18.2 Å². The lowest BCUT2D eigenvalue weighted by atomic mass is 10.0. The number of likely N-dealkylation sites (tertiary alicyclic amines) is 1. The van der Waals surface area contributed by atoms with E-state index in [-0.39, 0.29) is 0 Å². The van der Waals surface area contributed by atoms with Crippen LogP contribution in [0.2, 0.25) is 0 Å². The zero-order valence-electron chi connectivity index (χ0n) is 15.3. The summed E-state index contributed by atoms with van der Waals surface area (Å²) in [5, 5.41) is 4.31. The Labute approximate surface area is 147 Å². The van der Waals surface area contributed by atoms with Crippen LogP contribution < -0.4 is 10.2 Å². The van der Waals surface area contributed by atoms with Crippen LogP contribution in [0.4, 0.5) is 5.69 Å². The highest BCUT2D eigenvalue weighted by Crippen LogP contribution is 2.18. The molecule has 2 rings (SSSR count). The van der Waals surface area contributed by atoms with Crippen molar-refractivity contribution >= 4 is 23.0 Å². The molecular weight excluding hydrogens is 302 g/mol. The molecule has 4 heteroatoms. The number of hydrogen-bond acceptors (Lipinski definition) is 1. The van der Waals surface area contributed by atoms with Crippen LogP contribution in [-0.4, -0.2) is 42.2 Å². The summed E-state index contributed by atoms with van der Waals surface area (Å²) in [6, 6.07) is 7.97. The van der Waals surface area contributed by atoms with Crippen LogP contribution >= 0.6 is 12.2 Å². The number of piperidine rings is 1. The molecule has 0 amide bonds. The molecule has 23 heavy (non-hydrogen) atoms. The number of rotatable bonds is 4. The van der Waals surface area contributed by atoms with Gasteiger partial charge in [-0.05, 0) is 51.0 Å². The Morgan fingerprint density at radius 3 is 2.57 bits per heavy atom. The fraction of sp³-hybridized carbons (Fsp3) is 0.632. The third-order valence-corrected chi connectivity index (χ3v) is 5.80. The Kier molecular flexibility index (Phi) is 6.42. The van der Waals surface area contributed by atoms with Gasteiger partial charge in [-0.1, -0.05) is 24.6 Å². The molecule has 3 nitrogen and oxygen atoms in total. The summed E-state index contributed by atoms with van der Waals surface area (Å²) in [4.78, 5) is 4.01. The standard InChI is InChI=1S/C19H31N3S/c1-6-16(4)21(5)17-9-11-22(12-10-17)19(23)20-18-8-7-14(2)13-15(18)3/h7-8,13,16-17H,6,9-12H2,1-5H3,(H,20,23)/p+1. The van der Waals surface area contributed by atoms with Crippen molar-refractivity contribution in [3.05, 3.63) is 29.3 Å². The van der Waals surface area contributed by atoms with Crippen molar-refractivity contribution in [1.29, 1.82) is 0 Å². The number of benzene rings is 1. The molecule has 128 valence electrons. The first-order valence-corrected chi connectivity index (χ1v) is 9.29. The smallest absolute Gasteiger partial charge is 0.173 e. The monoisotopic (exact) mass is 334 g/mol. The largest absolute Gasteiger partial charge is 0.349 e. The molecule has 1 aromatic carbocycles. The molecule has 0 aliphatic carbocycles. The molecule has 1 aliphatic rings. The second kappa shape index (κ2) is 8.11. The van der Waals surface area contributed by atoms with Gasteiger partial charge in [-0.15, -0.1) is 0 Å². The zero-order valence-corrected chi connectivity index (χ0v) is 16.1. The lowest BCUT2D eigenvalue weighted by molar-refractivity contribution is -0.930. The quantitative estimate of drug-likeness (QED) is 0.826. The van der Waals surface area contributed by atoms with E-state index in [0.29, 0.717) is 0 Å². The van der Waals surface area contributed by atoms with E-state index < -0.39 is 0 Å². The highest BCUT2D eigenvalue weighted by atomic mass is 32.1. The second-order valence-corrected chi connectivity index (χ2v) is 7.45. The molecule has 2 unspecified atom stereocenters. The number of aryl methyl sites for hydroxylation is 2. The molecule has 0 aromatic heterocycles. The molecule has 1 aromatic rings. The van der Waals surface area contributed by atoms with Gasteiger partial charge in [-0.2, -0.15) is 0 Å². The first-order valence-electron chi connectivity index (χ1n) is 8.88. The Balaban J connectivity index is 1.88. The van der Waals surface area contributed by atoms with Crippen molar-refractivity contribution in [2.75, 3.05) is 25.5 Å². The summed E-state index contributed by atoms with van der Waals surface area (Å²) < 4.78 is 0. The fourth-order valence-corrected chi connectivity index (χ4v) is 3.70. The maximum atomic E-state index is 5.64. The minimum atomic E-state index is 0.742. The van der Waals surface area contributed by atoms with Crippen molar-refractivity contribution < 1.29 is 4.90 Å². The second-order valence-electron chi connectivity index (χ2n) is 7.06. The van der Waals surface area contributed by atoms with Gasteiger partial charge < -0.3 is 15.1 Å². The molecule has 1 fully saturated rings. The van der Waals surface area contributed by atoms with Gasteiger partial charge in [0.1, 0.15) is 0 Å². The lowest BCUT2D eigenvalue weighted by Crippen LogP contribution is -3.16. The molecular formula is C19H32N3S+. The number of quaternary nitrogens is 1. The highest BCUT2D eigenvalue weighted by molar-refractivity contribution is 7.80. The van der Waals surface area contributed by atoms with Crippen molar-refractivity contribution in [1.82, 2.24) is 4.90 Å². The van der Waals surface area contributed by atoms with Crippen molar-refractivity contribution in [2.24, 2.45) is 0 Å². The van der Waals surface area contributed by atoms with E-state index in [2.05, 4.69) is 63.2 Å². The van der Waals surface area contributed by atoms with E-state index in [1.165, 1.54) is 30.4 Å². The summed E-state index contributed by atoms with van der Waals surface area (Å²) in [7, 11) is 2.35. The topological polar surface area (TPSA) is 19.7 Å². The zero-order chi connectivity index (χ0) is 17.0. The first kappa shape index (κ1) is 18.2. The molecule has 0 saturated carbocycles. The van der Waals surface area contributed by atoms with Crippen LogP contribution in [-0.2, 0) is 0 Å². The van der Waals surface area contributed by atoms with Crippen molar-refractivity contribution in [3.8, 4) is 0 Å². The average molecular weight is 335 g/mol. The highest BCUT2D eigenvalue weighted by Gasteiger charge is 2.28. The Bertz CT molecular complexity index is 535. The predicted molar refractivity (Wildman–Crippen MR) is 103 cm³/mol. The molecule has 0 spiro atoms. The molecule has 2 atom stereocenters. The maximum absolute atomic E-state index is 5.64. The minimum absolute atomic E-state index is 0.742. The number of nitrogens with one attached hydrogen (secondary N) is 2. The van der Waals surface area contributed by atoms with Gasteiger partial charge >= 0.3 is 0 Å². The summed E-state index contributed by atoms with van der Waals surface area (Å²) in [5.74, 6) is 0. The van der Waals surface area contributed by atoms with Gasteiger partial charge in [-0.25, -0.2) is 0 Å². The van der Waals surface area contributed by atoms with Crippen LogP contribution in [0, 0.1) is 13.8 Å². The van der Waals surface area contributed by atoms with Gasteiger partial charge in [0.15, 0.2) is 5.11 Å². The molecule has 0 radical (unpaired) electrons. The molecule has 1 aliphatic heterocycles. The Morgan fingerprint density at radius 2 is 2.00 bits per heavy atom. The first-order chi connectivity index (χ1) is 10.9. The van der Waals surface area contributed by atoms with Gasteiger partial charge in [-0.3, -0.25) is 0 Å². The molecule has 2 N–H and O–H groups in total. The minimum Gasteiger partial charge on any atom is -0.349 e. The fourth-order valence-electron chi connectivity index (χ4n) is 3.41. The normalized spacial score (nSPS) is 18.6. The van der Waals surface area contributed by atoms with E-state index in [1.54, 1.807) is 4.90 Å². The summed E-state index contributed by atoms with van der Waals surface area (Å²) in [6.07, 6.45) is 3.70. The molecule has 1 saturated heterocycles. The summed E-state index contributed by atoms with van der Waals surface area (Å²) in [5.41, 5.74) is 3.67. The number of thiocarbonyl (C=S) groups is 1. The number of hydrogen-bond donors (Lipinski definition) is 2. The van der Waals surface area contributed by atoms with E-state index in [0.717, 1.165) is 36.0 Å². The summed E-state index contributed by atoms with van der Waals surface area (Å²) in [6.45, 7) is 11.0. The van der Waals surface area contributed by atoms with Crippen LogP contribution in [0.3, 0.4) is 0 Å². The van der Waals surface area contributed by atoms with Gasteiger partial charge in [0.2, 0.25) is 0 Å². The van der Waals surface area contributed by atoms with Crippen LogP contribution in [0.25, 0.3) is 0 Å². The van der Waals surface area contributed by atoms with Crippen LogP contribution in [0.1, 0.15) is 44.2 Å². The third-order valence-electron chi connectivity index (χ3n) is 5.44. The Hall–Kier alpha value is -1.13. The van der Waals surface area contributed by atoms with Crippen molar-refractivity contribution in [2.45, 2.75) is 59.0 Å². The van der Waals surface area contributed by atoms with Gasteiger partial charge in [0, 0.05) is 31.6 Å². The SMILES string of the molecule is CCC(C)[NH+](C)C1CCN(C(=S)Nc2ccc(C)cc2C)CC1. The average Bonchev–Trinajstić information content (AvgIpc) is 2.56.